The van der Waals surface area contributed by atoms with E-state index < -0.39 is 10.0 Å². The largest absolute Gasteiger partial charge is 0.496 e. The van der Waals surface area contributed by atoms with Crippen LogP contribution in [0.25, 0.3) is 0 Å². The second-order valence-corrected chi connectivity index (χ2v) is 7.79. The van der Waals surface area contributed by atoms with E-state index in [4.69, 9.17) is 4.74 Å². The van der Waals surface area contributed by atoms with Crippen molar-refractivity contribution >= 4 is 15.9 Å². The second kappa shape index (κ2) is 9.35. The van der Waals surface area contributed by atoms with Crippen molar-refractivity contribution in [1.29, 1.82) is 0 Å². The highest BCUT2D eigenvalue weighted by molar-refractivity contribution is 7.88. The predicted molar refractivity (Wildman–Crippen MR) is 101 cm³/mol. The summed E-state index contributed by atoms with van der Waals surface area (Å²) in [4.78, 5) is 12.0. The molecule has 26 heavy (non-hydrogen) atoms. The zero-order chi connectivity index (χ0) is 19.0. The monoisotopic (exact) mass is 376 g/mol. The van der Waals surface area contributed by atoms with Crippen LogP contribution in [0.5, 0.6) is 5.75 Å². The Balaban J connectivity index is 1.82. The number of amides is 1. The van der Waals surface area contributed by atoms with Crippen molar-refractivity contribution in [3.63, 3.8) is 0 Å². The highest BCUT2D eigenvalue weighted by Gasteiger charge is 2.09. The van der Waals surface area contributed by atoms with E-state index in [1.165, 1.54) is 7.05 Å². The third-order valence-electron chi connectivity index (χ3n) is 3.99. The van der Waals surface area contributed by atoms with Crippen LogP contribution in [0, 0.1) is 0 Å². The predicted octanol–water partition coefficient (Wildman–Crippen LogP) is 1.99. The number of methoxy groups -OCH3 is 1. The van der Waals surface area contributed by atoms with E-state index in [-0.39, 0.29) is 11.7 Å². The first-order chi connectivity index (χ1) is 12.4. The standard InChI is InChI=1S/C19H24N2O4S/c1-20-26(23,24)14-16-9-7-15(8-10-16)13-21-19(22)12-11-17-5-3-4-6-18(17)25-2/h3-10,20H,11-14H2,1-2H3,(H,21,22). The van der Waals surface area contributed by atoms with Gasteiger partial charge in [0.15, 0.2) is 0 Å². The van der Waals surface area contributed by atoms with Crippen LogP contribution in [-0.4, -0.2) is 28.5 Å². The van der Waals surface area contributed by atoms with Gasteiger partial charge in [-0.3, -0.25) is 4.79 Å². The summed E-state index contributed by atoms with van der Waals surface area (Å²) in [7, 11) is -0.272. The Kier molecular flexibility index (Phi) is 7.17. The van der Waals surface area contributed by atoms with Gasteiger partial charge in [-0.1, -0.05) is 42.5 Å². The van der Waals surface area contributed by atoms with Gasteiger partial charge >= 0.3 is 0 Å². The second-order valence-electron chi connectivity index (χ2n) is 5.87. The average molecular weight is 376 g/mol. The fourth-order valence-corrected chi connectivity index (χ4v) is 3.27. The summed E-state index contributed by atoms with van der Waals surface area (Å²) >= 11 is 0. The van der Waals surface area contributed by atoms with Crippen LogP contribution < -0.4 is 14.8 Å². The van der Waals surface area contributed by atoms with Crippen molar-refractivity contribution in [1.82, 2.24) is 10.0 Å². The van der Waals surface area contributed by atoms with Crippen molar-refractivity contribution in [3.8, 4) is 5.75 Å². The van der Waals surface area contributed by atoms with Crippen molar-refractivity contribution in [2.24, 2.45) is 0 Å². The molecule has 0 aromatic heterocycles. The highest BCUT2D eigenvalue weighted by Crippen LogP contribution is 2.18. The lowest BCUT2D eigenvalue weighted by atomic mass is 10.1. The van der Waals surface area contributed by atoms with Crippen LogP contribution in [0.4, 0.5) is 0 Å². The summed E-state index contributed by atoms with van der Waals surface area (Å²) in [6.07, 6.45) is 0.982. The van der Waals surface area contributed by atoms with Crippen molar-refractivity contribution < 1.29 is 17.9 Å². The molecule has 0 aliphatic rings. The van der Waals surface area contributed by atoms with E-state index in [9.17, 15) is 13.2 Å². The molecule has 2 aromatic rings. The zero-order valence-electron chi connectivity index (χ0n) is 15.0. The molecule has 0 bridgehead atoms. The maximum atomic E-state index is 12.0. The number of hydrogen-bond donors (Lipinski definition) is 2. The van der Waals surface area contributed by atoms with Crippen LogP contribution in [0.1, 0.15) is 23.1 Å². The first kappa shape index (κ1) is 19.9. The van der Waals surface area contributed by atoms with Gasteiger partial charge in [0.2, 0.25) is 15.9 Å². The van der Waals surface area contributed by atoms with Crippen LogP contribution in [-0.2, 0) is 33.5 Å². The van der Waals surface area contributed by atoms with Crippen molar-refractivity contribution in [2.75, 3.05) is 14.2 Å². The summed E-state index contributed by atoms with van der Waals surface area (Å²) in [6.45, 7) is 0.407. The van der Waals surface area contributed by atoms with Gasteiger partial charge in [0.1, 0.15) is 5.75 Å². The number of rotatable bonds is 9. The number of aryl methyl sites for hydroxylation is 1. The number of para-hydroxylation sites is 1. The number of carbonyl (C=O) groups is 1. The minimum Gasteiger partial charge on any atom is -0.496 e. The van der Waals surface area contributed by atoms with E-state index in [1.54, 1.807) is 19.2 Å². The van der Waals surface area contributed by atoms with Crippen molar-refractivity contribution in [3.05, 3.63) is 65.2 Å². The summed E-state index contributed by atoms with van der Waals surface area (Å²) < 4.78 is 30.6. The molecule has 0 saturated carbocycles. The number of benzene rings is 2. The SMILES string of the molecule is CNS(=O)(=O)Cc1ccc(CNC(=O)CCc2ccccc2OC)cc1. The molecule has 0 radical (unpaired) electrons. The molecule has 0 saturated heterocycles. The van der Waals surface area contributed by atoms with Crippen molar-refractivity contribution in [2.45, 2.75) is 25.1 Å². The van der Waals surface area contributed by atoms with Crippen LogP contribution in [0.2, 0.25) is 0 Å². The summed E-state index contributed by atoms with van der Waals surface area (Å²) in [5.74, 6) is 0.680. The summed E-state index contributed by atoms with van der Waals surface area (Å²) in [5, 5.41) is 2.88. The lowest BCUT2D eigenvalue weighted by Crippen LogP contribution is -2.23. The Bertz CT molecular complexity index is 833. The molecule has 0 unspecified atom stereocenters. The van der Waals surface area contributed by atoms with E-state index in [1.807, 2.05) is 36.4 Å². The Hall–Kier alpha value is -2.38. The Morgan fingerprint density at radius 2 is 1.69 bits per heavy atom. The van der Waals surface area contributed by atoms with Crippen LogP contribution >= 0.6 is 0 Å². The summed E-state index contributed by atoms with van der Waals surface area (Å²) in [6, 6.07) is 14.8. The summed E-state index contributed by atoms with van der Waals surface area (Å²) in [5.41, 5.74) is 2.62. The van der Waals surface area contributed by atoms with E-state index in [0.717, 1.165) is 16.9 Å². The third-order valence-corrected chi connectivity index (χ3v) is 5.33. The molecule has 140 valence electrons. The molecular weight excluding hydrogens is 352 g/mol. The quantitative estimate of drug-likeness (QED) is 0.701. The van der Waals surface area contributed by atoms with Gasteiger partial charge < -0.3 is 10.1 Å². The molecule has 6 nitrogen and oxygen atoms in total. The first-order valence-corrected chi connectivity index (χ1v) is 9.96. The number of ether oxygens (including phenoxy) is 1. The van der Waals surface area contributed by atoms with Gasteiger partial charge in [-0.15, -0.1) is 0 Å². The minimum absolute atomic E-state index is 0.0438. The smallest absolute Gasteiger partial charge is 0.220 e. The molecule has 2 rings (SSSR count). The van der Waals surface area contributed by atoms with Gasteiger partial charge in [-0.25, -0.2) is 13.1 Å². The van der Waals surface area contributed by atoms with Gasteiger partial charge in [-0.05, 0) is 36.2 Å². The first-order valence-electron chi connectivity index (χ1n) is 8.31. The molecule has 1 amide bonds. The molecule has 0 spiro atoms. The molecule has 2 N–H and O–H groups in total. The van der Waals surface area contributed by atoms with Crippen LogP contribution in [0.3, 0.4) is 0 Å². The number of hydrogen-bond acceptors (Lipinski definition) is 4. The van der Waals surface area contributed by atoms with Gasteiger partial charge in [-0.2, -0.15) is 0 Å². The molecule has 0 fully saturated rings. The maximum absolute atomic E-state index is 12.0. The number of nitrogens with one attached hydrogen (secondary N) is 2. The fourth-order valence-electron chi connectivity index (χ4n) is 2.49. The molecule has 2 aromatic carbocycles. The molecule has 0 heterocycles. The average Bonchev–Trinajstić information content (AvgIpc) is 2.65. The van der Waals surface area contributed by atoms with Crippen LogP contribution in [0.15, 0.2) is 48.5 Å². The lowest BCUT2D eigenvalue weighted by Gasteiger charge is -2.09. The highest BCUT2D eigenvalue weighted by atomic mass is 32.2. The Morgan fingerprint density at radius 3 is 2.35 bits per heavy atom. The topological polar surface area (TPSA) is 84.5 Å². The molecule has 7 heteroatoms. The minimum atomic E-state index is -3.28. The van der Waals surface area contributed by atoms with Gasteiger partial charge in [0, 0.05) is 13.0 Å². The molecular formula is C19H24N2O4S. The zero-order valence-corrected chi connectivity index (χ0v) is 15.8. The van der Waals surface area contributed by atoms with E-state index >= 15 is 0 Å². The van der Waals surface area contributed by atoms with E-state index in [2.05, 4.69) is 10.0 Å². The van der Waals surface area contributed by atoms with Gasteiger partial charge in [0.25, 0.3) is 0 Å². The molecule has 0 aliphatic heterocycles. The third kappa shape index (κ3) is 6.16. The lowest BCUT2D eigenvalue weighted by molar-refractivity contribution is -0.121. The Labute approximate surface area is 154 Å². The fraction of sp³-hybridized carbons (Fsp3) is 0.316. The number of carbonyl (C=O) groups excluding carboxylic acids is 1. The maximum Gasteiger partial charge on any atom is 0.220 e. The normalized spacial score (nSPS) is 11.2. The number of sulfonamides is 1. The van der Waals surface area contributed by atoms with Gasteiger partial charge in [0.05, 0.1) is 12.9 Å². The molecule has 0 aliphatic carbocycles. The van der Waals surface area contributed by atoms with E-state index in [0.29, 0.717) is 24.9 Å². The Morgan fingerprint density at radius 1 is 1.04 bits per heavy atom. The molecule has 0 atom stereocenters.